The van der Waals surface area contributed by atoms with E-state index in [0.717, 1.165) is 5.57 Å². The fourth-order valence-electron chi connectivity index (χ4n) is 9.28. The highest BCUT2D eigenvalue weighted by Gasteiger charge is 2.78. The summed E-state index contributed by atoms with van der Waals surface area (Å²) in [5.41, 5.74) is -0.848. The number of amides is 1. The third-order valence-corrected chi connectivity index (χ3v) is 10.4. The number of carbonyl (C=O) groups is 4. The molecule has 0 aromatic heterocycles. The Kier molecular flexibility index (Phi) is 5.59. The molecular formula is C33H39NO6. The van der Waals surface area contributed by atoms with E-state index < -0.39 is 40.4 Å². The Balaban J connectivity index is 1.72. The van der Waals surface area contributed by atoms with E-state index in [1.54, 1.807) is 19.9 Å². The topological polar surface area (TPSA) is 110 Å². The third kappa shape index (κ3) is 3.10. The second-order valence-corrected chi connectivity index (χ2v) is 13.7. The summed E-state index contributed by atoms with van der Waals surface area (Å²) in [5.74, 6) is -3.07. The number of ether oxygens (including phenoxy) is 1. The summed E-state index contributed by atoms with van der Waals surface area (Å²) >= 11 is 0. The highest BCUT2D eigenvalue weighted by atomic mass is 16.6. The molecule has 2 saturated heterocycles. The van der Waals surface area contributed by atoms with E-state index in [1.165, 1.54) is 0 Å². The van der Waals surface area contributed by atoms with Crippen molar-refractivity contribution in [2.45, 2.75) is 85.0 Å². The molecule has 3 unspecified atom stereocenters. The van der Waals surface area contributed by atoms with Crippen LogP contribution < -0.4 is 5.32 Å². The SMILES string of the molecule is CC1=C[C@H](C)C=C(C)C2C3(C)OC24C[C@@]2(NC(=O)[C@H](CC(C)C)[C@H]2[C@H](C)C1=O)C(=O)c1cc(C)c(O)c(c14)C3=O. The molecule has 6 aliphatic rings. The van der Waals surface area contributed by atoms with Gasteiger partial charge in [-0.3, -0.25) is 19.2 Å². The number of carbonyl (C=O) groups excluding carboxylic acids is 4. The highest BCUT2D eigenvalue weighted by Crippen LogP contribution is 2.70. The first-order chi connectivity index (χ1) is 18.6. The lowest BCUT2D eigenvalue weighted by Crippen LogP contribution is -2.77. The lowest BCUT2D eigenvalue weighted by molar-refractivity contribution is -0.303. The Morgan fingerprint density at radius 1 is 1.07 bits per heavy atom. The summed E-state index contributed by atoms with van der Waals surface area (Å²) in [4.78, 5) is 56.5. The van der Waals surface area contributed by atoms with Gasteiger partial charge in [-0.15, -0.1) is 0 Å². The Hall–Kier alpha value is -3.06. The number of benzene rings is 1. The minimum Gasteiger partial charge on any atom is -0.507 e. The van der Waals surface area contributed by atoms with Crippen molar-refractivity contribution in [3.63, 3.8) is 0 Å². The number of hydrogen-bond donors (Lipinski definition) is 2. The molecule has 2 N–H and O–H groups in total. The lowest BCUT2D eigenvalue weighted by atomic mass is 9.47. The van der Waals surface area contributed by atoms with Gasteiger partial charge in [-0.2, -0.15) is 0 Å². The van der Waals surface area contributed by atoms with Gasteiger partial charge >= 0.3 is 0 Å². The average Bonchev–Trinajstić information content (AvgIpc) is 3.10. The molecule has 7 nitrogen and oxygen atoms in total. The third-order valence-electron chi connectivity index (χ3n) is 10.4. The molecule has 40 heavy (non-hydrogen) atoms. The van der Waals surface area contributed by atoms with E-state index in [0.29, 0.717) is 28.7 Å². The van der Waals surface area contributed by atoms with Crippen molar-refractivity contribution >= 4 is 23.3 Å². The Labute approximate surface area is 235 Å². The van der Waals surface area contributed by atoms with Crippen LogP contribution in [0.3, 0.4) is 0 Å². The molecule has 7 rings (SSSR count). The van der Waals surface area contributed by atoms with E-state index >= 15 is 0 Å². The largest absolute Gasteiger partial charge is 0.507 e. The van der Waals surface area contributed by atoms with Gasteiger partial charge in [0.2, 0.25) is 5.91 Å². The first kappa shape index (κ1) is 27.1. The van der Waals surface area contributed by atoms with Crippen molar-refractivity contribution in [2.24, 2.45) is 35.5 Å². The molecule has 2 fully saturated rings. The van der Waals surface area contributed by atoms with Crippen LogP contribution in [0.2, 0.25) is 0 Å². The van der Waals surface area contributed by atoms with Crippen molar-refractivity contribution < 1.29 is 29.0 Å². The first-order valence-electron chi connectivity index (χ1n) is 14.5. The predicted molar refractivity (Wildman–Crippen MR) is 149 cm³/mol. The van der Waals surface area contributed by atoms with Crippen LogP contribution in [0.1, 0.15) is 93.2 Å². The average molecular weight is 546 g/mol. The fourth-order valence-corrected chi connectivity index (χ4v) is 9.28. The van der Waals surface area contributed by atoms with Crippen LogP contribution in [0.5, 0.6) is 5.75 Å². The molecule has 212 valence electrons. The maximum absolute atomic E-state index is 14.8. The summed E-state index contributed by atoms with van der Waals surface area (Å²) in [6.07, 6.45) is 4.65. The standard InChI is InChI=1S/C33H39NO6/c1-14(2)9-21-23-19(7)25(35)16(4)10-15(3)11-18(6)27-31(8)29(38)22-24-20(12-17(5)26(22)36)28(37)32(23,34-30(21)39)13-33(24,27)40-31/h10-12,14-15,19,21,23,27,36H,9,13H2,1-8H3,(H,34,39)/t15-,19-,21+,23+,27?,31?,32-,33?/m0/s1. The van der Waals surface area contributed by atoms with Gasteiger partial charge in [0.15, 0.2) is 17.3 Å². The Bertz CT molecular complexity index is 1480. The number of phenols is 1. The quantitative estimate of drug-likeness (QED) is 0.508. The van der Waals surface area contributed by atoms with Crippen molar-refractivity contribution in [1.29, 1.82) is 0 Å². The molecule has 0 radical (unpaired) electrons. The van der Waals surface area contributed by atoms with Crippen molar-refractivity contribution in [2.75, 3.05) is 0 Å². The number of hydrogen-bond acceptors (Lipinski definition) is 6. The Morgan fingerprint density at radius 3 is 2.40 bits per heavy atom. The maximum atomic E-state index is 14.8. The normalized spacial score (nSPS) is 40.0. The highest BCUT2D eigenvalue weighted by molar-refractivity contribution is 6.17. The smallest absolute Gasteiger partial charge is 0.224 e. The van der Waals surface area contributed by atoms with Crippen LogP contribution in [-0.2, 0) is 19.9 Å². The van der Waals surface area contributed by atoms with Crippen LogP contribution in [0.4, 0.5) is 0 Å². The summed E-state index contributed by atoms with van der Waals surface area (Å²) in [5, 5.41) is 14.3. The monoisotopic (exact) mass is 545 g/mol. The van der Waals surface area contributed by atoms with Crippen molar-refractivity contribution in [3.8, 4) is 5.75 Å². The van der Waals surface area contributed by atoms with Gasteiger partial charge in [-0.05, 0) is 63.2 Å². The molecule has 3 heterocycles. The number of ketones is 3. The predicted octanol–water partition coefficient (Wildman–Crippen LogP) is 4.98. The molecule has 8 atom stereocenters. The molecule has 1 amide bonds. The minimum atomic E-state index is -1.38. The molecule has 0 saturated carbocycles. The van der Waals surface area contributed by atoms with Crippen LogP contribution in [-0.4, -0.2) is 39.5 Å². The molecular weight excluding hydrogens is 506 g/mol. The summed E-state index contributed by atoms with van der Waals surface area (Å²) in [6, 6.07) is 1.64. The molecule has 3 bridgehead atoms. The van der Waals surface area contributed by atoms with Crippen molar-refractivity contribution in [3.05, 3.63) is 51.6 Å². The van der Waals surface area contributed by atoms with Crippen LogP contribution in [0.15, 0.2) is 29.4 Å². The van der Waals surface area contributed by atoms with E-state index in [9.17, 15) is 24.3 Å². The van der Waals surface area contributed by atoms with E-state index in [1.807, 2.05) is 47.6 Å². The van der Waals surface area contributed by atoms with Gasteiger partial charge in [0, 0.05) is 41.2 Å². The van der Waals surface area contributed by atoms with Crippen molar-refractivity contribution in [1.82, 2.24) is 5.32 Å². The minimum absolute atomic E-state index is 0.0680. The summed E-state index contributed by atoms with van der Waals surface area (Å²) in [7, 11) is 0. The molecule has 3 aliphatic carbocycles. The fraction of sp³-hybridized carbons (Fsp3) is 0.576. The van der Waals surface area contributed by atoms with Gasteiger partial charge in [-0.1, -0.05) is 45.4 Å². The second-order valence-electron chi connectivity index (χ2n) is 13.7. The molecule has 1 aromatic carbocycles. The van der Waals surface area contributed by atoms with E-state index in [2.05, 4.69) is 11.4 Å². The number of Topliss-reactive ketones (excluding diaryl/α,β-unsaturated/α-hetero) is 3. The number of nitrogens with one attached hydrogen (secondary N) is 1. The zero-order valence-electron chi connectivity index (χ0n) is 24.6. The number of aryl methyl sites for hydroxylation is 1. The second kappa shape index (κ2) is 8.25. The molecule has 7 heteroatoms. The molecule has 3 aliphatic heterocycles. The van der Waals surface area contributed by atoms with Crippen LogP contribution >= 0.6 is 0 Å². The van der Waals surface area contributed by atoms with Gasteiger partial charge in [0.05, 0.1) is 5.56 Å². The van der Waals surface area contributed by atoms with E-state index in [4.69, 9.17) is 4.74 Å². The molecule has 2 spiro atoms. The van der Waals surface area contributed by atoms with Crippen LogP contribution in [0.25, 0.3) is 0 Å². The van der Waals surface area contributed by atoms with Gasteiger partial charge in [0.1, 0.15) is 22.5 Å². The van der Waals surface area contributed by atoms with Crippen LogP contribution in [0, 0.1) is 42.4 Å². The molecule has 1 aromatic rings. The van der Waals surface area contributed by atoms with Gasteiger partial charge in [-0.25, -0.2) is 0 Å². The number of rotatable bonds is 2. The zero-order chi connectivity index (χ0) is 29.3. The number of aromatic hydroxyl groups is 1. The summed E-state index contributed by atoms with van der Waals surface area (Å²) in [6.45, 7) is 15.2. The number of allylic oxidation sites excluding steroid dienone is 3. The Morgan fingerprint density at radius 2 is 1.75 bits per heavy atom. The number of phenolic OH excluding ortho intramolecular Hbond substituents is 1. The van der Waals surface area contributed by atoms with Gasteiger partial charge < -0.3 is 15.2 Å². The van der Waals surface area contributed by atoms with Gasteiger partial charge in [0.25, 0.3) is 0 Å². The first-order valence-corrected chi connectivity index (χ1v) is 14.5. The lowest BCUT2D eigenvalue weighted by Gasteiger charge is -2.68. The summed E-state index contributed by atoms with van der Waals surface area (Å²) < 4.78 is 6.69. The van der Waals surface area contributed by atoms with E-state index in [-0.39, 0.29) is 52.8 Å². The maximum Gasteiger partial charge on any atom is 0.224 e. The zero-order valence-corrected chi connectivity index (χ0v) is 24.6.